The highest BCUT2D eigenvalue weighted by atomic mass is 32.1. The number of hydrogen-bond acceptors (Lipinski definition) is 4. The Bertz CT molecular complexity index is 908. The van der Waals surface area contributed by atoms with Crippen LogP contribution in [-0.2, 0) is 0 Å². The summed E-state index contributed by atoms with van der Waals surface area (Å²) in [7, 11) is 0. The molecule has 4 rings (SSSR count). The molecule has 0 aliphatic heterocycles. The monoisotopic (exact) mass is 292 g/mol. The van der Waals surface area contributed by atoms with Crippen LogP contribution in [0.15, 0.2) is 54.2 Å². The summed E-state index contributed by atoms with van der Waals surface area (Å²) in [5, 5.41) is 3.60. The van der Waals surface area contributed by atoms with Crippen molar-refractivity contribution in [3.8, 4) is 22.4 Å². The third-order valence-corrected chi connectivity index (χ3v) is 4.11. The average molecular weight is 292 g/mol. The summed E-state index contributed by atoms with van der Waals surface area (Å²) in [6.07, 6.45) is 3.81. The van der Waals surface area contributed by atoms with Crippen LogP contribution < -0.4 is 5.73 Å². The molecule has 0 bridgehead atoms. The van der Waals surface area contributed by atoms with Crippen LogP contribution in [0.3, 0.4) is 0 Å². The van der Waals surface area contributed by atoms with Crippen molar-refractivity contribution in [3.05, 3.63) is 54.2 Å². The van der Waals surface area contributed by atoms with Gasteiger partial charge in [-0.25, -0.2) is 9.97 Å². The van der Waals surface area contributed by atoms with E-state index < -0.39 is 0 Å². The summed E-state index contributed by atoms with van der Waals surface area (Å²) in [6.45, 7) is 0. The van der Waals surface area contributed by atoms with E-state index in [1.54, 1.807) is 0 Å². The average Bonchev–Trinajstić information content (AvgIpc) is 3.13. The molecule has 3 heterocycles. The summed E-state index contributed by atoms with van der Waals surface area (Å²) in [5.74, 6) is 0. The van der Waals surface area contributed by atoms with Gasteiger partial charge in [-0.2, -0.15) is 0 Å². The van der Waals surface area contributed by atoms with Gasteiger partial charge in [-0.1, -0.05) is 30.3 Å². The fourth-order valence-electron chi connectivity index (χ4n) is 2.42. The molecule has 0 saturated carbocycles. The molecule has 0 fully saturated rings. The number of thiazole rings is 1. The zero-order valence-electron chi connectivity index (χ0n) is 11.1. The lowest BCUT2D eigenvalue weighted by molar-refractivity contribution is 1.32. The lowest BCUT2D eigenvalue weighted by Gasteiger charge is -2.02. The molecule has 3 aromatic heterocycles. The predicted molar refractivity (Wildman–Crippen MR) is 87.1 cm³/mol. The lowest BCUT2D eigenvalue weighted by Crippen LogP contribution is -1.84. The molecule has 21 heavy (non-hydrogen) atoms. The largest absolute Gasteiger partial charge is 0.375 e. The zero-order valence-corrected chi connectivity index (χ0v) is 11.9. The van der Waals surface area contributed by atoms with Crippen LogP contribution in [-0.4, -0.2) is 15.0 Å². The minimum absolute atomic E-state index is 0.575. The molecule has 4 nitrogen and oxygen atoms in total. The molecular weight excluding hydrogens is 280 g/mol. The Morgan fingerprint density at radius 3 is 2.71 bits per heavy atom. The second kappa shape index (κ2) is 4.71. The summed E-state index contributed by atoms with van der Waals surface area (Å²) in [6, 6.07) is 12.4. The van der Waals surface area contributed by atoms with Crippen LogP contribution in [0.2, 0.25) is 0 Å². The number of aromatic amines is 1. The Balaban J connectivity index is 1.90. The maximum absolute atomic E-state index is 5.73. The van der Waals surface area contributed by atoms with Crippen molar-refractivity contribution in [1.29, 1.82) is 0 Å². The van der Waals surface area contributed by atoms with E-state index in [-0.39, 0.29) is 0 Å². The Labute approximate surface area is 125 Å². The Kier molecular flexibility index (Phi) is 2.72. The second-order valence-electron chi connectivity index (χ2n) is 4.76. The molecular formula is C16H12N4S. The summed E-state index contributed by atoms with van der Waals surface area (Å²) < 4.78 is 0. The highest BCUT2D eigenvalue weighted by Crippen LogP contribution is 2.31. The smallest absolute Gasteiger partial charge is 0.180 e. The van der Waals surface area contributed by atoms with Crippen LogP contribution in [0, 0.1) is 0 Å². The number of nitrogens with zero attached hydrogens (tertiary/aromatic N) is 2. The first-order chi connectivity index (χ1) is 10.3. The SMILES string of the molecule is Nc1nc(-c2c[nH]c3ncc(-c4ccccc4)cc23)cs1. The van der Waals surface area contributed by atoms with Crippen molar-refractivity contribution in [2.45, 2.75) is 0 Å². The van der Waals surface area contributed by atoms with Gasteiger partial charge in [-0.15, -0.1) is 11.3 Å². The topological polar surface area (TPSA) is 67.6 Å². The summed E-state index contributed by atoms with van der Waals surface area (Å²) >= 11 is 1.44. The predicted octanol–water partition coefficient (Wildman–Crippen LogP) is 3.94. The first-order valence-electron chi connectivity index (χ1n) is 6.55. The van der Waals surface area contributed by atoms with Crippen molar-refractivity contribution in [3.63, 3.8) is 0 Å². The first kappa shape index (κ1) is 12.1. The number of anilines is 1. The van der Waals surface area contributed by atoms with E-state index in [1.165, 1.54) is 11.3 Å². The fourth-order valence-corrected chi connectivity index (χ4v) is 2.98. The molecule has 0 amide bonds. The number of nitrogens with two attached hydrogens (primary N) is 1. The Hall–Kier alpha value is -2.66. The molecule has 5 heteroatoms. The molecule has 1 aromatic carbocycles. The standard InChI is InChI=1S/C16H12N4S/c17-16-20-14(9-21-16)13-8-19-15-12(13)6-11(7-18-15)10-4-2-1-3-5-10/h1-9H,(H2,17,20)(H,18,19). The van der Waals surface area contributed by atoms with Crippen LogP contribution in [0.25, 0.3) is 33.4 Å². The van der Waals surface area contributed by atoms with Crippen molar-refractivity contribution >= 4 is 27.5 Å². The third-order valence-electron chi connectivity index (χ3n) is 3.44. The molecule has 102 valence electrons. The van der Waals surface area contributed by atoms with E-state index >= 15 is 0 Å². The Morgan fingerprint density at radius 2 is 1.95 bits per heavy atom. The molecule has 0 spiro atoms. The van der Waals surface area contributed by atoms with E-state index in [0.29, 0.717) is 5.13 Å². The number of rotatable bonds is 2. The minimum Gasteiger partial charge on any atom is -0.375 e. The number of aromatic nitrogens is 3. The van der Waals surface area contributed by atoms with Gasteiger partial charge in [-0.3, -0.25) is 0 Å². The molecule has 0 saturated heterocycles. The Morgan fingerprint density at radius 1 is 1.10 bits per heavy atom. The number of hydrogen-bond donors (Lipinski definition) is 2. The molecule has 3 N–H and O–H groups in total. The minimum atomic E-state index is 0.575. The van der Waals surface area contributed by atoms with Crippen LogP contribution >= 0.6 is 11.3 Å². The third kappa shape index (κ3) is 2.08. The van der Waals surface area contributed by atoms with Gasteiger partial charge in [0.1, 0.15) is 5.65 Å². The van der Waals surface area contributed by atoms with Gasteiger partial charge < -0.3 is 10.7 Å². The van der Waals surface area contributed by atoms with Crippen LogP contribution in [0.5, 0.6) is 0 Å². The van der Waals surface area contributed by atoms with Crippen LogP contribution in [0.1, 0.15) is 0 Å². The molecule has 0 aliphatic rings. The van der Waals surface area contributed by atoms with E-state index in [1.807, 2.05) is 36.0 Å². The summed E-state index contributed by atoms with van der Waals surface area (Å²) in [5.41, 5.74) is 10.7. The van der Waals surface area contributed by atoms with Gasteiger partial charge in [0, 0.05) is 34.3 Å². The van der Waals surface area contributed by atoms with Gasteiger partial charge in [0.25, 0.3) is 0 Å². The van der Waals surface area contributed by atoms with Crippen molar-refractivity contribution in [2.24, 2.45) is 0 Å². The number of pyridine rings is 1. The van der Waals surface area contributed by atoms with Gasteiger partial charge in [0.05, 0.1) is 5.69 Å². The fraction of sp³-hybridized carbons (Fsp3) is 0. The first-order valence-corrected chi connectivity index (χ1v) is 7.43. The molecule has 0 radical (unpaired) electrons. The van der Waals surface area contributed by atoms with Gasteiger partial charge >= 0.3 is 0 Å². The van der Waals surface area contributed by atoms with E-state index in [2.05, 4.69) is 33.2 Å². The van der Waals surface area contributed by atoms with E-state index in [0.717, 1.165) is 33.4 Å². The highest BCUT2D eigenvalue weighted by Gasteiger charge is 2.11. The van der Waals surface area contributed by atoms with Crippen molar-refractivity contribution in [1.82, 2.24) is 15.0 Å². The number of nitrogens with one attached hydrogen (secondary N) is 1. The van der Waals surface area contributed by atoms with Gasteiger partial charge in [0.15, 0.2) is 5.13 Å². The van der Waals surface area contributed by atoms with Crippen molar-refractivity contribution < 1.29 is 0 Å². The molecule has 0 unspecified atom stereocenters. The number of H-pyrrole nitrogens is 1. The number of nitrogen functional groups attached to an aromatic ring is 1. The van der Waals surface area contributed by atoms with Gasteiger partial charge in [0.2, 0.25) is 0 Å². The molecule has 4 aromatic rings. The molecule has 0 atom stereocenters. The summed E-state index contributed by atoms with van der Waals surface area (Å²) in [4.78, 5) is 12.0. The quantitative estimate of drug-likeness (QED) is 0.588. The maximum atomic E-state index is 5.73. The number of fused-ring (bicyclic) bond motifs is 1. The molecule has 0 aliphatic carbocycles. The number of benzene rings is 1. The maximum Gasteiger partial charge on any atom is 0.180 e. The van der Waals surface area contributed by atoms with Crippen LogP contribution in [0.4, 0.5) is 5.13 Å². The van der Waals surface area contributed by atoms with Gasteiger partial charge in [-0.05, 0) is 11.6 Å². The van der Waals surface area contributed by atoms with Crippen molar-refractivity contribution in [2.75, 3.05) is 5.73 Å². The normalized spacial score (nSPS) is 11.0. The lowest BCUT2D eigenvalue weighted by atomic mass is 10.1. The van der Waals surface area contributed by atoms with E-state index in [4.69, 9.17) is 5.73 Å². The van der Waals surface area contributed by atoms with E-state index in [9.17, 15) is 0 Å². The highest BCUT2D eigenvalue weighted by molar-refractivity contribution is 7.13. The zero-order chi connectivity index (χ0) is 14.2. The second-order valence-corrected chi connectivity index (χ2v) is 5.65.